The molecule has 1 saturated heterocycles. The Morgan fingerprint density at radius 3 is 3.05 bits per heavy atom. The van der Waals surface area contributed by atoms with Crippen LogP contribution >= 0.6 is 11.3 Å². The Kier molecular flexibility index (Phi) is 4.15. The van der Waals surface area contributed by atoms with Gasteiger partial charge < -0.3 is 10.6 Å². The lowest BCUT2D eigenvalue weighted by Crippen LogP contribution is -2.40. The number of piperidine rings is 1. The molecule has 114 valence electrons. The van der Waals surface area contributed by atoms with Gasteiger partial charge in [-0.2, -0.15) is 0 Å². The van der Waals surface area contributed by atoms with Crippen LogP contribution in [0.1, 0.15) is 12.8 Å². The van der Waals surface area contributed by atoms with Gasteiger partial charge in [0.15, 0.2) is 5.13 Å². The third kappa shape index (κ3) is 3.30. The maximum Gasteiger partial charge on any atom is 0.231 e. The molecule has 0 spiro atoms. The normalized spacial score (nSPS) is 17.9. The van der Waals surface area contributed by atoms with Gasteiger partial charge in [0, 0.05) is 23.9 Å². The fourth-order valence-corrected chi connectivity index (χ4v) is 3.00. The molecule has 22 heavy (non-hydrogen) atoms. The van der Waals surface area contributed by atoms with Gasteiger partial charge in [-0.1, -0.05) is 12.1 Å². The second kappa shape index (κ2) is 6.23. The lowest BCUT2D eigenvalue weighted by atomic mass is 9.98. The molecule has 1 aromatic carbocycles. The molecule has 1 aliphatic rings. The van der Waals surface area contributed by atoms with Crippen molar-refractivity contribution in [1.82, 2.24) is 10.3 Å². The zero-order chi connectivity index (χ0) is 15.5. The summed E-state index contributed by atoms with van der Waals surface area (Å²) < 4.78 is 13.2. The van der Waals surface area contributed by atoms with Crippen LogP contribution in [0.3, 0.4) is 0 Å². The fraction of sp³-hybridized carbons (Fsp3) is 0.267. The largest absolute Gasteiger partial charge is 0.355 e. The van der Waals surface area contributed by atoms with E-state index in [9.17, 15) is 14.0 Å². The Morgan fingerprint density at radius 2 is 2.32 bits per heavy atom. The predicted octanol–water partition coefficient (Wildman–Crippen LogP) is 2.41. The maximum absolute atomic E-state index is 13.2. The minimum Gasteiger partial charge on any atom is -0.355 e. The van der Waals surface area contributed by atoms with Crippen molar-refractivity contribution < 1.29 is 14.0 Å². The quantitative estimate of drug-likeness (QED) is 0.912. The van der Waals surface area contributed by atoms with Gasteiger partial charge in [0.2, 0.25) is 11.8 Å². The first-order valence-corrected chi connectivity index (χ1v) is 7.79. The number of nitrogens with zero attached hydrogens (tertiary/aromatic N) is 1. The van der Waals surface area contributed by atoms with E-state index >= 15 is 0 Å². The van der Waals surface area contributed by atoms with E-state index in [4.69, 9.17) is 0 Å². The van der Waals surface area contributed by atoms with E-state index in [1.54, 1.807) is 17.5 Å². The highest BCUT2D eigenvalue weighted by Crippen LogP contribution is 2.26. The summed E-state index contributed by atoms with van der Waals surface area (Å²) >= 11 is 1.29. The van der Waals surface area contributed by atoms with Crippen molar-refractivity contribution in [2.45, 2.75) is 12.8 Å². The van der Waals surface area contributed by atoms with Gasteiger partial charge in [0.05, 0.1) is 11.6 Å². The zero-order valence-electron chi connectivity index (χ0n) is 11.6. The Balaban J connectivity index is 1.67. The van der Waals surface area contributed by atoms with Crippen LogP contribution in [0.5, 0.6) is 0 Å². The number of rotatable bonds is 3. The number of carbonyl (C=O) groups excluding carboxylic acids is 2. The van der Waals surface area contributed by atoms with Crippen molar-refractivity contribution in [3.63, 3.8) is 0 Å². The van der Waals surface area contributed by atoms with Crippen molar-refractivity contribution in [2.24, 2.45) is 5.92 Å². The highest BCUT2D eigenvalue weighted by Gasteiger charge is 2.25. The minimum atomic E-state index is -0.325. The number of hydrogen-bond donors (Lipinski definition) is 2. The summed E-state index contributed by atoms with van der Waals surface area (Å²) in [5.41, 5.74) is 1.29. The highest BCUT2D eigenvalue weighted by atomic mass is 32.1. The van der Waals surface area contributed by atoms with E-state index in [1.165, 1.54) is 23.5 Å². The average molecular weight is 319 g/mol. The molecule has 2 amide bonds. The molecule has 1 aliphatic heterocycles. The van der Waals surface area contributed by atoms with Crippen molar-refractivity contribution in [2.75, 3.05) is 11.9 Å². The lowest BCUT2D eigenvalue weighted by Gasteiger charge is -2.20. The summed E-state index contributed by atoms with van der Waals surface area (Å²) in [5.74, 6) is -0.736. The van der Waals surface area contributed by atoms with Gasteiger partial charge in [0.25, 0.3) is 0 Å². The zero-order valence-corrected chi connectivity index (χ0v) is 12.5. The Labute approximate surface area is 130 Å². The summed E-state index contributed by atoms with van der Waals surface area (Å²) in [6.45, 7) is 0.354. The highest BCUT2D eigenvalue weighted by molar-refractivity contribution is 7.14. The maximum atomic E-state index is 13.2. The summed E-state index contributed by atoms with van der Waals surface area (Å²) in [6, 6.07) is 6.15. The Hall–Kier alpha value is -2.28. The van der Waals surface area contributed by atoms with Gasteiger partial charge in [-0.25, -0.2) is 9.37 Å². The predicted molar refractivity (Wildman–Crippen MR) is 81.9 cm³/mol. The molecule has 2 N–H and O–H groups in total. The van der Waals surface area contributed by atoms with E-state index in [2.05, 4.69) is 15.6 Å². The molecule has 0 aliphatic carbocycles. The van der Waals surface area contributed by atoms with Gasteiger partial charge in [-0.3, -0.25) is 9.59 Å². The van der Waals surface area contributed by atoms with E-state index in [-0.39, 0.29) is 23.5 Å². The van der Waals surface area contributed by atoms with Crippen LogP contribution in [0.15, 0.2) is 29.6 Å². The summed E-state index contributed by atoms with van der Waals surface area (Å²) in [6.07, 6.45) is 0.907. The smallest absolute Gasteiger partial charge is 0.231 e. The van der Waals surface area contributed by atoms with E-state index in [0.29, 0.717) is 35.8 Å². The van der Waals surface area contributed by atoms with E-state index in [0.717, 1.165) is 0 Å². The molecule has 3 rings (SSSR count). The fourth-order valence-electron chi connectivity index (χ4n) is 2.28. The van der Waals surface area contributed by atoms with Crippen molar-refractivity contribution >= 4 is 28.3 Å². The Bertz CT molecular complexity index is 706. The van der Waals surface area contributed by atoms with Crippen LogP contribution in [0, 0.1) is 11.7 Å². The third-order valence-corrected chi connectivity index (χ3v) is 4.25. The summed E-state index contributed by atoms with van der Waals surface area (Å²) in [5, 5.41) is 7.68. The first-order chi connectivity index (χ1) is 10.6. The second-order valence-electron chi connectivity index (χ2n) is 5.08. The molecule has 0 saturated carbocycles. The average Bonchev–Trinajstić information content (AvgIpc) is 2.96. The van der Waals surface area contributed by atoms with E-state index in [1.807, 2.05) is 0 Å². The first-order valence-electron chi connectivity index (χ1n) is 6.91. The molecular weight excluding hydrogens is 305 g/mol. The lowest BCUT2D eigenvalue weighted by molar-refractivity contribution is -0.126. The molecule has 5 nitrogen and oxygen atoms in total. The summed E-state index contributed by atoms with van der Waals surface area (Å²) in [7, 11) is 0. The number of benzene rings is 1. The number of nitrogens with one attached hydrogen (secondary N) is 2. The standard InChI is InChI=1S/C15H14FN3O2S/c16-11-3-1-2-9(6-11)12-8-22-15(18-12)19-14(21)10-4-5-13(20)17-7-10/h1-3,6,8,10H,4-5,7H2,(H,17,20)(H,18,19,21)/t10-/m1/s1. The molecule has 2 heterocycles. The SMILES string of the molecule is O=C1CC[C@@H](C(=O)Nc2nc(-c3cccc(F)c3)cs2)CN1. The number of halogens is 1. The minimum absolute atomic E-state index is 0.0216. The van der Waals surface area contributed by atoms with Gasteiger partial charge in [-0.15, -0.1) is 11.3 Å². The molecular formula is C15H14FN3O2S. The number of hydrogen-bond acceptors (Lipinski definition) is 4. The molecule has 2 aromatic rings. The number of thiazole rings is 1. The van der Waals surface area contributed by atoms with Crippen molar-refractivity contribution in [3.05, 3.63) is 35.5 Å². The van der Waals surface area contributed by atoms with Gasteiger partial charge >= 0.3 is 0 Å². The molecule has 0 unspecified atom stereocenters. The number of amides is 2. The van der Waals surface area contributed by atoms with Gasteiger partial charge in [-0.05, 0) is 18.6 Å². The Morgan fingerprint density at radius 1 is 1.45 bits per heavy atom. The topological polar surface area (TPSA) is 71.1 Å². The molecule has 1 fully saturated rings. The van der Waals surface area contributed by atoms with Crippen LogP contribution in [0.2, 0.25) is 0 Å². The monoisotopic (exact) mass is 319 g/mol. The number of aromatic nitrogens is 1. The second-order valence-corrected chi connectivity index (χ2v) is 5.94. The van der Waals surface area contributed by atoms with Crippen LogP contribution in [-0.2, 0) is 9.59 Å². The van der Waals surface area contributed by atoms with Crippen molar-refractivity contribution in [1.29, 1.82) is 0 Å². The molecule has 0 bridgehead atoms. The van der Waals surface area contributed by atoms with Crippen LogP contribution in [0.4, 0.5) is 9.52 Å². The molecule has 0 radical (unpaired) electrons. The third-order valence-electron chi connectivity index (χ3n) is 3.49. The van der Waals surface area contributed by atoms with Crippen LogP contribution < -0.4 is 10.6 Å². The molecule has 1 aromatic heterocycles. The van der Waals surface area contributed by atoms with Crippen LogP contribution in [0.25, 0.3) is 11.3 Å². The van der Waals surface area contributed by atoms with Crippen molar-refractivity contribution in [3.8, 4) is 11.3 Å². The summed E-state index contributed by atoms with van der Waals surface area (Å²) in [4.78, 5) is 27.5. The van der Waals surface area contributed by atoms with Crippen LogP contribution in [-0.4, -0.2) is 23.3 Å². The molecule has 7 heteroatoms. The molecule has 1 atom stereocenters. The number of anilines is 1. The van der Waals surface area contributed by atoms with Gasteiger partial charge in [0.1, 0.15) is 5.82 Å². The first kappa shape index (κ1) is 14.6. The van der Waals surface area contributed by atoms with E-state index < -0.39 is 0 Å². The number of carbonyl (C=O) groups is 2.